The maximum atomic E-state index is 11.5. The predicted octanol–water partition coefficient (Wildman–Crippen LogP) is 0.999. The summed E-state index contributed by atoms with van der Waals surface area (Å²) in [4.78, 5) is 13.9. The third kappa shape index (κ3) is 4.64. The molecular formula is C13H24N2O2. The second-order valence-electron chi connectivity index (χ2n) is 5.46. The van der Waals surface area contributed by atoms with Crippen LogP contribution in [0.5, 0.6) is 0 Å². The van der Waals surface area contributed by atoms with E-state index >= 15 is 0 Å². The van der Waals surface area contributed by atoms with Crippen LogP contribution in [0.25, 0.3) is 0 Å². The van der Waals surface area contributed by atoms with E-state index in [0.29, 0.717) is 13.2 Å². The maximum Gasteiger partial charge on any atom is 0.324 e. The number of ether oxygens (including phenoxy) is 1. The van der Waals surface area contributed by atoms with Gasteiger partial charge in [0.15, 0.2) is 0 Å². The Morgan fingerprint density at radius 2 is 1.82 bits per heavy atom. The number of hydrogen-bond donors (Lipinski definition) is 1. The monoisotopic (exact) mass is 240 g/mol. The molecule has 2 rings (SSSR count). The van der Waals surface area contributed by atoms with Crippen molar-refractivity contribution in [1.29, 1.82) is 0 Å². The van der Waals surface area contributed by atoms with Crippen molar-refractivity contribution in [3.8, 4) is 0 Å². The molecule has 0 amide bonds. The lowest BCUT2D eigenvalue weighted by atomic mass is 10.2. The lowest BCUT2D eigenvalue weighted by molar-refractivity contribution is -0.145. The molecule has 0 saturated heterocycles. The average molecular weight is 240 g/mol. The number of carbonyl (C=O) groups is 1. The Morgan fingerprint density at radius 1 is 1.29 bits per heavy atom. The van der Waals surface area contributed by atoms with Crippen LogP contribution >= 0.6 is 0 Å². The van der Waals surface area contributed by atoms with E-state index in [2.05, 4.69) is 4.90 Å². The van der Waals surface area contributed by atoms with Crippen molar-refractivity contribution < 1.29 is 9.53 Å². The van der Waals surface area contributed by atoms with Crippen molar-refractivity contribution in [2.24, 2.45) is 17.6 Å². The van der Waals surface area contributed by atoms with Gasteiger partial charge in [-0.15, -0.1) is 0 Å². The molecule has 0 aromatic carbocycles. The van der Waals surface area contributed by atoms with Crippen LogP contribution in [0.15, 0.2) is 0 Å². The molecule has 2 aliphatic carbocycles. The van der Waals surface area contributed by atoms with Gasteiger partial charge in [-0.1, -0.05) is 0 Å². The summed E-state index contributed by atoms with van der Waals surface area (Å²) in [6, 6.07) is -0.479. The molecule has 1 atom stereocenters. The maximum absolute atomic E-state index is 11.5. The minimum atomic E-state index is -0.479. The summed E-state index contributed by atoms with van der Waals surface area (Å²) in [5.41, 5.74) is 5.88. The summed E-state index contributed by atoms with van der Waals surface area (Å²) in [7, 11) is 0. The molecule has 0 radical (unpaired) electrons. The van der Waals surface area contributed by atoms with Crippen molar-refractivity contribution in [1.82, 2.24) is 4.90 Å². The molecule has 0 aliphatic heterocycles. The number of hydrogen-bond acceptors (Lipinski definition) is 4. The van der Waals surface area contributed by atoms with Gasteiger partial charge >= 0.3 is 5.97 Å². The van der Waals surface area contributed by atoms with Crippen LogP contribution in [0, 0.1) is 11.8 Å². The molecule has 4 heteroatoms. The summed E-state index contributed by atoms with van der Waals surface area (Å²) >= 11 is 0. The van der Waals surface area contributed by atoms with E-state index < -0.39 is 6.04 Å². The minimum absolute atomic E-state index is 0.260. The van der Waals surface area contributed by atoms with Gasteiger partial charge in [-0.2, -0.15) is 0 Å². The van der Waals surface area contributed by atoms with Crippen LogP contribution in [0.4, 0.5) is 0 Å². The lowest BCUT2D eigenvalue weighted by Crippen LogP contribution is -2.45. The zero-order valence-corrected chi connectivity index (χ0v) is 10.7. The highest BCUT2D eigenvalue weighted by Gasteiger charge is 2.30. The minimum Gasteiger partial charge on any atom is -0.465 e. The van der Waals surface area contributed by atoms with Crippen molar-refractivity contribution in [3.63, 3.8) is 0 Å². The number of rotatable bonds is 8. The van der Waals surface area contributed by atoms with E-state index in [4.69, 9.17) is 10.5 Å². The van der Waals surface area contributed by atoms with Gasteiger partial charge in [0.05, 0.1) is 6.61 Å². The van der Waals surface area contributed by atoms with Crippen LogP contribution in [-0.2, 0) is 9.53 Å². The number of carbonyl (C=O) groups excluding carboxylic acids is 1. The molecule has 0 aromatic rings. The first-order valence-corrected chi connectivity index (χ1v) is 6.83. The van der Waals surface area contributed by atoms with Crippen molar-refractivity contribution in [3.05, 3.63) is 0 Å². The number of nitrogens with zero attached hydrogens (tertiary/aromatic N) is 1. The predicted molar refractivity (Wildman–Crippen MR) is 66.5 cm³/mol. The fourth-order valence-corrected chi connectivity index (χ4v) is 2.16. The molecule has 98 valence electrons. The van der Waals surface area contributed by atoms with E-state index in [1.807, 2.05) is 6.92 Å². The molecule has 2 N–H and O–H groups in total. The summed E-state index contributed by atoms with van der Waals surface area (Å²) in [6.07, 6.45) is 5.37. The first kappa shape index (κ1) is 12.8. The Morgan fingerprint density at radius 3 is 2.24 bits per heavy atom. The zero-order valence-electron chi connectivity index (χ0n) is 10.7. The summed E-state index contributed by atoms with van der Waals surface area (Å²) in [6.45, 7) is 5.12. The lowest BCUT2D eigenvalue weighted by Gasteiger charge is -2.24. The fourth-order valence-electron chi connectivity index (χ4n) is 2.16. The number of esters is 1. The first-order chi connectivity index (χ1) is 8.19. The molecule has 2 fully saturated rings. The smallest absolute Gasteiger partial charge is 0.324 e. The van der Waals surface area contributed by atoms with Gasteiger partial charge in [0.1, 0.15) is 6.04 Å². The Kier molecular flexibility index (Phi) is 4.40. The Balaban J connectivity index is 1.75. The van der Waals surface area contributed by atoms with Crippen LogP contribution in [0.3, 0.4) is 0 Å². The van der Waals surface area contributed by atoms with Gasteiger partial charge in [-0.3, -0.25) is 4.79 Å². The molecular weight excluding hydrogens is 216 g/mol. The summed E-state index contributed by atoms with van der Waals surface area (Å²) < 4.78 is 4.96. The van der Waals surface area contributed by atoms with Crippen LogP contribution in [0.1, 0.15) is 32.6 Å². The topological polar surface area (TPSA) is 55.6 Å². The van der Waals surface area contributed by atoms with Crippen molar-refractivity contribution >= 4 is 5.97 Å². The largest absolute Gasteiger partial charge is 0.465 e. The Labute approximate surface area is 103 Å². The van der Waals surface area contributed by atoms with E-state index in [9.17, 15) is 4.79 Å². The summed E-state index contributed by atoms with van der Waals surface area (Å²) in [5, 5.41) is 0. The molecule has 4 nitrogen and oxygen atoms in total. The van der Waals surface area contributed by atoms with Gasteiger partial charge in [0.25, 0.3) is 0 Å². The van der Waals surface area contributed by atoms with Crippen LogP contribution < -0.4 is 5.73 Å². The third-order valence-corrected chi connectivity index (χ3v) is 3.47. The highest BCUT2D eigenvalue weighted by molar-refractivity contribution is 5.75. The first-order valence-electron chi connectivity index (χ1n) is 6.83. The highest BCUT2D eigenvalue weighted by atomic mass is 16.5. The molecule has 17 heavy (non-hydrogen) atoms. The SMILES string of the molecule is CCOC(=O)C(N)CN(CC1CC1)CC1CC1. The van der Waals surface area contributed by atoms with Gasteiger partial charge in [0, 0.05) is 19.6 Å². The summed E-state index contributed by atoms with van der Waals surface area (Å²) in [5.74, 6) is 1.44. The second-order valence-corrected chi connectivity index (χ2v) is 5.46. The number of nitrogens with two attached hydrogens (primary N) is 1. The average Bonchev–Trinajstić information content (AvgIpc) is 3.13. The molecule has 0 heterocycles. The molecule has 0 bridgehead atoms. The highest BCUT2D eigenvalue weighted by Crippen LogP contribution is 2.33. The Hall–Kier alpha value is -0.610. The Bertz CT molecular complexity index is 248. The zero-order chi connectivity index (χ0) is 12.3. The third-order valence-electron chi connectivity index (χ3n) is 3.47. The molecule has 1 unspecified atom stereocenters. The van der Waals surface area contributed by atoms with Gasteiger partial charge < -0.3 is 15.4 Å². The van der Waals surface area contributed by atoms with E-state index in [0.717, 1.165) is 24.9 Å². The van der Waals surface area contributed by atoms with Gasteiger partial charge in [-0.25, -0.2) is 0 Å². The van der Waals surface area contributed by atoms with Crippen molar-refractivity contribution in [2.45, 2.75) is 38.6 Å². The van der Waals surface area contributed by atoms with Crippen LogP contribution in [0.2, 0.25) is 0 Å². The fraction of sp³-hybridized carbons (Fsp3) is 0.923. The molecule has 0 aromatic heterocycles. The molecule has 2 aliphatic rings. The standard InChI is InChI=1S/C13H24N2O2/c1-2-17-13(16)12(14)9-15(7-10-3-4-10)8-11-5-6-11/h10-12H,2-9,14H2,1H3. The van der Waals surface area contributed by atoms with Crippen molar-refractivity contribution in [2.75, 3.05) is 26.2 Å². The van der Waals surface area contributed by atoms with Gasteiger partial charge in [-0.05, 0) is 44.4 Å². The molecule has 0 spiro atoms. The van der Waals surface area contributed by atoms with E-state index in [-0.39, 0.29) is 5.97 Å². The normalized spacial score (nSPS) is 21.6. The quantitative estimate of drug-likeness (QED) is 0.643. The van der Waals surface area contributed by atoms with Crippen LogP contribution in [-0.4, -0.2) is 43.2 Å². The second kappa shape index (κ2) is 5.83. The molecule has 2 saturated carbocycles. The van der Waals surface area contributed by atoms with E-state index in [1.54, 1.807) is 0 Å². The van der Waals surface area contributed by atoms with E-state index in [1.165, 1.54) is 25.7 Å². The van der Waals surface area contributed by atoms with Gasteiger partial charge in [0.2, 0.25) is 0 Å².